The summed E-state index contributed by atoms with van der Waals surface area (Å²) in [4.78, 5) is 12.5. The molecule has 2 rings (SSSR count). The maximum absolute atomic E-state index is 5.60. The maximum atomic E-state index is 5.60. The lowest BCUT2D eigenvalue weighted by atomic mass is 10.1. The quantitative estimate of drug-likeness (QED) is 0.583. The average Bonchev–Trinajstić information content (AvgIpc) is 2.85. The monoisotopic (exact) mass is 246 g/mol. The van der Waals surface area contributed by atoms with E-state index in [1.165, 1.54) is 6.33 Å². The van der Waals surface area contributed by atoms with E-state index in [-0.39, 0.29) is 6.04 Å². The Kier molecular flexibility index (Phi) is 4.38. The number of aromatic nitrogens is 4. The number of nitrogens with one attached hydrogen (secondary N) is 1. The minimum atomic E-state index is -0.0500. The van der Waals surface area contributed by atoms with Gasteiger partial charge in [-0.05, 0) is 12.5 Å². The Morgan fingerprint density at radius 1 is 1.39 bits per heavy atom. The summed E-state index contributed by atoms with van der Waals surface area (Å²) in [6.45, 7) is 3.11. The SMILES string of the molecule is CCCn1ccnc1CC(NN)c1ccncn1. The van der Waals surface area contributed by atoms with Crippen LogP contribution in [0, 0.1) is 0 Å². The Morgan fingerprint density at radius 3 is 2.94 bits per heavy atom. The number of nitrogens with two attached hydrogens (primary N) is 1. The van der Waals surface area contributed by atoms with Crippen LogP contribution in [0.25, 0.3) is 0 Å². The highest BCUT2D eigenvalue weighted by atomic mass is 15.2. The molecule has 0 bridgehead atoms. The number of rotatable bonds is 6. The Balaban J connectivity index is 2.13. The van der Waals surface area contributed by atoms with Gasteiger partial charge in [-0.2, -0.15) is 0 Å². The summed E-state index contributed by atoms with van der Waals surface area (Å²) in [6.07, 6.45) is 8.84. The van der Waals surface area contributed by atoms with Gasteiger partial charge in [-0.15, -0.1) is 0 Å². The number of nitrogens with zero attached hydrogens (tertiary/aromatic N) is 4. The van der Waals surface area contributed by atoms with Crippen LogP contribution in [0.1, 0.15) is 30.9 Å². The van der Waals surface area contributed by atoms with Gasteiger partial charge in [-0.1, -0.05) is 6.92 Å². The number of hydrogen-bond donors (Lipinski definition) is 2. The third-order valence-corrected chi connectivity index (χ3v) is 2.82. The molecule has 0 fully saturated rings. The molecule has 3 N–H and O–H groups in total. The zero-order chi connectivity index (χ0) is 12.8. The average molecular weight is 246 g/mol. The minimum absolute atomic E-state index is 0.0500. The van der Waals surface area contributed by atoms with E-state index >= 15 is 0 Å². The third-order valence-electron chi connectivity index (χ3n) is 2.82. The molecule has 0 aliphatic carbocycles. The molecule has 96 valence electrons. The molecule has 0 saturated heterocycles. The molecule has 18 heavy (non-hydrogen) atoms. The summed E-state index contributed by atoms with van der Waals surface area (Å²) in [6, 6.07) is 1.81. The molecule has 2 aromatic heterocycles. The van der Waals surface area contributed by atoms with E-state index in [0.29, 0.717) is 6.42 Å². The van der Waals surface area contributed by atoms with Crippen molar-refractivity contribution >= 4 is 0 Å². The van der Waals surface area contributed by atoms with Crippen molar-refractivity contribution in [3.05, 3.63) is 42.5 Å². The molecule has 0 aliphatic heterocycles. The van der Waals surface area contributed by atoms with Crippen LogP contribution in [0.3, 0.4) is 0 Å². The van der Waals surface area contributed by atoms with Gasteiger partial charge in [0.15, 0.2) is 0 Å². The van der Waals surface area contributed by atoms with Crippen LogP contribution in [0.15, 0.2) is 31.0 Å². The van der Waals surface area contributed by atoms with Gasteiger partial charge in [0.2, 0.25) is 0 Å². The van der Waals surface area contributed by atoms with Crippen LogP contribution < -0.4 is 11.3 Å². The molecule has 1 unspecified atom stereocenters. The molecule has 6 heteroatoms. The molecule has 2 aromatic rings. The Bertz CT molecular complexity index is 466. The van der Waals surface area contributed by atoms with Gasteiger partial charge in [-0.3, -0.25) is 11.3 Å². The lowest BCUT2D eigenvalue weighted by Gasteiger charge is -2.15. The molecular formula is C12H18N6. The molecule has 0 spiro atoms. The second-order valence-corrected chi connectivity index (χ2v) is 4.09. The van der Waals surface area contributed by atoms with Crippen molar-refractivity contribution in [2.24, 2.45) is 5.84 Å². The van der Waals surface area contributed by atoms with E-state index in [0.717, 1.165) is 24.5 Å². The van der Waals surface area contributed by atoms with Gasteiger partial charge < -0.3 is 4.57 Å². The van der Waals surface area contributed by atoms with Crippen molar-refractivity contribution in [3.63, 3.8) is 0 Å². The van der Waals surface area contributed by atoms with E-state index in [2.05, 4.69) is 31.9 Å². The minimum Gasteiger partial charge on any atom is -0.335 e. The van der Waals surface area contributed by atoms with E-state index in [1.807, 2.05) is 18.5 Å². The van der Waals surface area contributed by atoms with Gasteiger partial charge in [0, 0.05) is 31.6 Å². The first-order chi connectivity index (χ1) is 8.85. The second kappa shape index (κ2) is 6.23. The van der Waals surface area contributed by atoms with Crippen molar-refractivity contribution in [1.82, 2.24) is 24.9 Å². The van der Waals surface area contributed by atoms with Crippen LogP contribution in [-0.4, -0.2) is 19.5 Å². The first kappa shape index (κ1) is 12.7. The Morgan fingerprint density at radius 2 is 2.28 bits per heavy atom. The lowest BCUT2D eigenvalue weighted by Crippen LogP contribution is -2.31. The molecule has 0 radical (unpaired) electrons. The summed E-state index contributed by atoms with van der Waals surface area (Å²) in [7, 11) is 0. The van der Waals surface area contributed by atoms with Crippen LogP contribution in [0.5, 0.6) is 0 Å². The van der Waals surface area contributed by atoms with Crippen molar-refractivity contribution in [3.8, 4) is 0 Å². The normalized spacial score (nSPS) is 12.6. The molecule has 0 saturated carbocycles. The lowest BCUT2D eigenvalue weighted by molar-refractivity contribution is 0.506. The van der Waals surface area contributed by atoms with Crippen LogP contribution in [0.4, 0.5) is 0 Å². The maximum Gasteiger partial charge on any atom is 0.115 e. The molecule has 0 amide bonds. The van der Waals surface area contributed by atoms with E-state index in [4.69, 9.17) is 5.84 Å². The summed E-state index contributed by atoms with van der Waals surface area (Å²) in [5.41, 5.74) is 3.66. The fraction of sp³-hybridized carbons (Fsp3) is 0.417. The first-order valence-electron chi connectivity index (χ1n) is 6.07. The van der Waals surface area contributed by atoms with Crippen molar-refractivity contribution in [2.45, 2.75) is 32.4 Å². The fourth-order valence-corrected chi connectivity index (χ4v) is 1.91. The zero-order valence-electron chi connectivity index (χ0n) is 10.5. The Labute approximate surface area is 106 Å². The highest BCUT2D eigenvalue weighted by Crippen LogP contribution is 2.14. The summed E-state index contributed by atoms with van der Waals surface area (Å²) >= 11 is 0. The highest BCUT2D eigenvalue weighted by molar-refractivity contribution is 5.08. The molecule has 0 aliphatic rings. The van der Waals surface area contributed by atoms with Crippen LogP contribution >= 0.6 is 0 Å². The topological polar surface area (TPSA) is 81.7 Å². The van der Waals surface area contributed by atoms with Crippen molar-refractivity contribution in [1.29, 1.82) is 0 Å². The standard InChI is InChI=1S/C12H18N6/c1-2-6-18-7-5-15-12(18)8-11(17-13)10-3-4-14-9-16-10/h3-5,7,9,11,17H,2,6,8,13H2,1H3. The van der Waals surface area contributed by atoms with Gasteiger partial charge in [0.05, 0.1) is 11.7 Å². The largest absolute Gasteiger partial charge is 0.335 e. The van der Waals surface area contributed by atoms with E-state index in [1.54, 1.807) is 6.20 Å². The van der Waals surface area contributed by atoms with Gasteiger partial charge in [-0.25, -0.2) is 15.0 Å². The zero-order valence-corrected chi connectivity index (χ0v) is 10.5. The first-order valence-corrected chi connectivity index (χ1v) is 6.07. The molecule has 2 heterocycles. The number of hydrazine groups is 1. The summed E-state index contributed by atoms with van der Waals surface area (Å²) in [5.74, 6) is 6.61. The summed E-state index contributed by atoms with van der Waals surface area (Å²) in [5, 5.41) is 0. The third kappa shape index (κ3) is 2.91. The number of hydrogen-bond acceptors (Lipinski definition) is 5. The van der Waals surface area contributed by atoms with Crippen LogP contribution in [0.2, 0.25) is 0 Å². The van der Waals surface area contributed by atoms with Crippen LogP contribution in [-0.2, 0) is 13.0 Å². The smallest absolute Gasteiger partial charge is 0.115 e. The van der Waals surface area contributed by atoms with Crippen molar-refractivity contribution < 1.29 is 0 Å². The molecule has 6 nitrogen and oxygen atoms in total. The van der Waals surface area contributed by atoms with E-state index < -0.39 is 0 Å². The van der Waals surface area contributed by atoms with E-state index in [9.17, 15) is 0 Å². The number of aryl methyl sites for hydroxylation is 1. The fourth-order valence-electron chi connectivity index (χ4n) is 1.91. The van der Waals surface area contributed by atoms with Gasteiger partial charge in [0.25, 0.3) is 0 Å². The summed E-state index contributed by atoms with van der Waals surface area (Å²) < 4.78 is 2.14. The predicted octanol–water partition coefficient (Wildman–Crippen LogP) is 0.830. The van der Waals surface area contributed by atoms with Crippen molar-refractivity contribution in [2.75, 3.05) is 0 Å². The molecule has 1 atom stereocenters. The Hall–Kier alpha value is -1.79. The predicted molar refractivity (Wildman–Crippen MR) is 68.3 cm³/mol. The highest BCUT2D eigenvalue weighted by Gasteiger charge is 2.14. The second-order valence-electron chi connectivity index (χ2n) is 4.09. The molecular weight excluding hydrogens is 228 g/mol. The van der Waals surface area contributed by atoms with Gasteiger partial charge >= 0.3 is 0 Å². The molecule has 0 aromatic carbocycles. The van der Waals surface area contributed by atoms with Gasteiger partial charge in [0.1, 0.15) is 12.2 Å². The number of imidazole rings is 1.